The van der Waals surface area contributed by atoms with Gasteiger partial charge in [0, 0.05) is 48.1 Å². The Hall–Kier alpha value is -3.73. The van der Waals surface area contributed by atoms with Gasteiger partial charge in [0.05, 0.1) is 0 Å². The molecule has 0 atom stereocenters. The van der Waals surface area contributed by atoms with Gasteiger partial charge in [-0.1, -0.05) is 30.9 Å². The second kappa shape index (κ2) is 7.12. The minimum Gasteiger partial charge on any atom is -0.346 e. The lowest BCUT2D eigenvalue weighted by molar-refractivity contribution is -0.114. The lowest BCUT2D eigenvalue weighted by atomic mass is 9.98. The fraction of sp³-hybridized carbons (Fsp3) is 0.0870. The van der Waals surface area contributed by atoms with Crippen molar-refractivity contribution >= 4 is 34.0 Å². The zero-order chi connectivity index (χ0) is 19.7. The summed E-state index contributed by atoms with van der Waals surface area (Å²) in [6, 6.07) is 9.76. The third-order valence-electron chi connectivity index (χ3n) is 4.85. The van der Waals surface area contributed by atoms with Crippen LogP contribution < -0.4 is 4.90 Å². The van der Waals surface area contributed by atoms with E-state index in [0.717, 1.165) is 39.0 Å². The lowest BCUT2D eigenvalue weighted by Gasteiger charge is -2.16. The number of anilines is 1. The van der Waals surface area contributed by atoms with Gasteiger partial charge in [-0.25, -0.2) is 4.98 Å². The van der Waals surface area contributed by atoms with E-state index in [4.69, 9.17) is 0 Å². The van der Waals surface area contributed by atoms with E-state index < -0.39 is 0 Å². The number of carbonyl (C=O) groups is 2. The first-order valence-electron chi connectivity index (χ1n) is 8.96. The van der Waals surface area contributed by atoms with E-state index >= 15 is 0 Å². The lowest BCUT2D eigenvalue weighted by Crippen LogP contribution is -2.23. The van der Waals surface area contributed by atoms with E-state index in [0.29, 0.717) is 6.42 Å². The van der Waals surface area contributed by atoms with Crippen LogP contribution in [-0.4, -0.2) is 28.7 Å². The molecule has 28 heavy (non-hydrogen) atoms. The highest BCUT2D eigenvalue weighted by Gasteiger charge is 2.14. The van der Waals surface area contributed by atoms with Crippen LogP contribution in [-0.2, 0) is 9.59 Å². The molecule has 0 saturated heterocycles. The van der Waals surface area contributed by atoms with Gasteiger partial charge >= 0.3 is 0 Å². The summed E-state index contributed by atoms with van der Waals surface area (Å²) >= 11 is 0. The number of pyridine rings is 1. The number of aromatic amines is 1. The summed E-state index contributed by atoms with van der Waals surface area (Å²) in [5, 5.41) is 0.948. The Kier molecular flexibility index (Phi) is 4.49. The second-order valence-corrected chi connectivity index (χ2v) is 6.65. The highest BCUT2D eigenvalue weighted by molar-refractivity contribution is 6.06. The van der Waals surface area contributed by atoms with E-state index in [9.17, 15) is 9.59 Å². The Balaban J connectivity index is 1.77. The molecule has 2 heterocycles. The number of amides is 1. The molecule has 1 aliphatic carbocycles. The number of hydrogen-bond acceptors (Lipinski definition) is 3. The summed E-state index contributed by atoms with van der Waals surface area (Å²) in [6.07, 6.45) is 10.9. The molecule has 1 N–H and O–H groups in total. The highest BCUT2D eigenvalue weighted by Crippen LogP contribution is 2.31. The molecule has 1 aromatic carbocycles. The van der Waals surface area contributed by atoms with Crippen LogP contribution in [0, 0.1) is 0 Å². The number of benzene rings is 1. The normalized spacial score (nSPS) is 13.5. The number of H-pyrrole nitrogens is 1. The molecule has 0 saturated carbocycles. The minimum atomic E-state index is -0.167. The van der Waals surface area contributed by atoms with Crippen molar-refractivity contribution in [3.05, 3.63) is 79.2 Å². The zero-order valence-electron chi connectivity index (χ0n) is 15.5. The van der Waals surface area contributed by atoms with Crippen LogP contribution in [0.15, 0.2) is 73.6 Å². The van der Waals surface area contributed by atoms with Gasteiger partial charge in [0.1, 0.15) is 5.65 Å². The van der Waals surface area contributed by atoms with E-state index in [-0.39, 0.29) is 11.7 Å². The number of fused-ring (bicyclic) bond motifs is 1. The van der Waals surface area contributed by atoms with E-state index in [1.807, 2.05) is 42.6 Å². The van der Waals surface area contributed by atoms with Crippen molar-refractivity contribution in [1.82, 2.24) is 9.97 Å². The summed E-state index contributed by atoms with van der Waals surface area (Å²) in [7, 11) is 1.72. The Bertz CT molecular complexity index is 1170. The van der Waals surface area contributed by atoms with Gasteiger partial charge in [-0.3, -0.25) is 9.59 Å². The smallest absolute Gasteiger partial charge is 0.250 e. The molecule has 0 unspecified atom stereocenters. The number of allylic oxidation sites excluding steroid dienone is 4. The third kappa shape index (κ3) is 3.18. The summed E-state index contributed by atoms with van der Waals surface area (Å²) in [4.78, 5) is 32.9. The van der Waals surface area contributed by atoms with Crippen LogP contribution in [0.2, 0.25) is 0 Å². The molecule has 2 aromatic heterocycles. The monoisotopic (exact) mass is 369 g/mol. The molecule has 5 nitrogen and oxygen atoms in total. The van der Waals surface area contributed by atoms with Gasteiger partial charge in [-0.2, -0.15) is 0 Å². The van der Waals surface area contributed by atoms with E-state index in [1.54, 1.807) is 24.2 Å². The van der Waals surface area contributed by atoms with Crippen LogP contribution in [0.1, 0.15) is 12.0 Å². The fourth-order valence-electron chi connectivity index (χ4n) is 3.31. The van der Waals surface area contributed by atoms with Crippen molar-refractivity contribution in [2.45, 2.75) is 6.42 Å². The van der Waals surface area contributed by atoms with Gasteiger partial charge in [0.2, 0.25) is 5.91 Å². The molecule has 1 aliphatic rings. The maximum atomic E-state index is 11.9. The molecule has 0 radical (unpaired) electrons. The number of carbonyl (C=O) groups excluding carboxylic acids is 2. The molecule has 0 bridgehead atoms. The number of nitrogens with zero attached hydrogens (tertiary/aromatic N) is 2. The average Bonchev–Trinajstić information content (AvgIpc) is 3.16. The predicted octanol–water partition coefficient (Wildman–Crippen LogP) is 4.29. The fourth-order valence-corrected chi connectivity index (χ4v) is 3.31. The predicted molar refractivity (Wildman–Crippen MR) is 112 cm³/mol. The molecule has 1 amide bonds. The average molecular weight is 369 g/mol. The number of rotatable bonds is 4. The second-order valence-electron chi connectivity index (χ2n) is 6.65. The maximum Gasteiger partial charge on any atom is 0.250 e. The number of aromatic nitrogens is 2. The standard InChI is InChI=1S/C23H19N3O2/c1-3-22(28)26(2)18-8-4-6-15(10-18)17-12-20-21(14-25-23(20)24-13-17)16-7-5-9-19(27)11-16/h3-8,10-14H,1,9H2,2H3,(H,24,25). The largest absolute Gasteiger partial charge is 0.346 e. The van der Waals surface area contributed by atoms with Gasteiger partial charge in [0.25, 0.3) is 0 Å². The molecular weight excluding hydrogens is 350 g/mol. The summed E-state index contributed by atoms with van der Waals surface area (Å²) in [6.45, 7) is 3.54. The Morgan fingerprint density at radius 3 is 2.93 bits per heavy atom. The molecular formula is C23H19N3O2. The Morgan fingerprint density at radius 1 is 1.29 bits per heavy atom. The van der Waals surface area contributed by atoms with Crippen LogP contribution in [0.3, 0.4) is 0 Å². The molecule has 138 valence electrons. The van der Waals surface area contributed by atoms with Crippen LogP contribution >= 0.6 is 0 Å². The van der Waals surface area contributed by atoms with Gasteiger partial charge in [-0.05, 0) is 41.5 Å². The topological polar surface area (TPSA) is 66.1 Å². The third-order valence-corrected chi connectivity index (χ3v) is 4.85. The van der Waals surface area contributed by atoms with E-state index in [2.05, 4.69) is 22.6 Å². The van der Waals surface area contributed by atoms with E-state index in [1.165, 1.54) is 6.08 Å². The first kappa shape index (κ1) is 17.7. The van der Waals surface area contributed by atoms with Gasteiger partial charge in [0.15, 0.2) is 5.78 Å². The molecule has 0 fully saturated rings. The van der Waals surface area contributed by atoms with Gasteiger partial charge in [-0.15, -0.1) is 0 Å². The SMILES string of the molecule is C=CC(=O)N(C)c1cccc(-c2cnc3[nH]cc(C4=CC(=O)CC=C4)c3c2)c1. The molecule has 0 spiro atoms. The van der Waals surface area contributed by atoms with Crippen molar-refractivity contribution in [1.29, 1.82) is 0 Å². The van der Waals surface area contributed by atoms with Crippen molar-refractivity contribution in [3.8, 4) is 11.1 Å². The summed E-state index contributed by atoms with van der Waals surface area (Å²) in [5.41, 5.74) is 5.25. The number of ketones is 1. The summed E-state index contributed by atoms with van der Waals surface area (Å²) < 4.78 is 0. The first-order chi connectivity index (χ1) is 13.6. The zero-order valence-corrected chi connectivity index (χ0v) is 15.5. The van der Waals surface area contributed by atoms with Crippen molar-refractivity contribution in [2.24, 2.45) is 0 Å². The van der Waals surface area contributed by atoms with Crippen LogP contribution in [0.5, 0.6) is 0 Å². The number of hydrogen-bond donors (Lipinski definition) is 1. The number of nitrogens with one attached hydrogen (secondary N) is 1. The maximum absolute atomic E-state index is 11.9. The highest BCUT2D eigenvalue weighted by atomic mass is 16.2. The number of likely N-dealkylation sites (N-methyl/N-ethyl adjacent to an activating group) is 1. The molecule has 0 aliphatic heterocycles. The molecule has 5 heteroatoms. The Labute approximate surface area is 162 Å². The quantitative estimate of drug-likeness (QED) is 0.698. The summed E-state index contributed by atoms with van der Waals surface area (Å²) in [5.74, 6) is -0.0714. The molecule has 4 rings (SSSR count). The van der Waals surface area contributed by atoms with Gasteiger partial charge < -0.3 is 9.88 Å². The van der Waals surface area contributed by atoms with Crippen LogP contribution in [0.25, 0.3) is 27.7 Å². The first-order valence-corrected chi connectivity index (χ1v) is 8.96. The van der Waals surface area contributed by atoms with Crippen LogP contribution in [0.4, 0.5) is 5.69 Å². The molecule has 3 aromatic rings. The van der Waals surface area contributed by atoms with Crippen molar-refractivity contribution in [2.75, 3.05) is 11.9 Å². The van der Waals surface area contributed by atoms with Crippen molar-refractivity contribution in [3.63, 3.8) is 0 Å². The minimum absolute atomic E-state index is 0.0959. The Morgan fingerprint density at radius 2 is 2.14 bits per heavy atom. The van der Waals surface area contributed by atoms with Crippen molar-refractivity contribution < 1.29 is 9.59 Å².